The molecule has 17 rings (SSSR count). The first-order valence-corrected chi connectivity index (χ1v) is 45.5. The van der Waals surface area contributed by atoms with E-state index in [0.717, 1.165) is 77.3 Å². The van der Waals surface area contributed by atoms with Gasteiger partial charge in [-0.25, -0.2) is 80.7 Å². The summed E-state index contributed by atoms with van der Waals surface area (Å²) in [6.07, 6.45) is 26.9. The molecule has 0 aliphatic heterocycles. The summed E-state index contributed by atoms with van der Waals surface area (Å²) in [6.45, 7) is -12.9. The lowest BCUT2D eigenvalue weighted by Gasteiger charge is -2.15. The van der Waals surface area contributed by atoms with Gasteiger partial charge >= 0.3 is 26.4 Å². The normalized spacial score (nSPS) is 11.8. The number of nitrogens with zero attached hydrogens (tertiary/aromatic N) is 24. The van der Waals surface area contributed by atoms with Crippen molar-refractivity contribution in [3.05, 3.63) is 231 Å². The number of hydrogen-bond donors (Lipinski definition) is 5. The highest BCUT2D eigenvalue weighted by atomic mass is 32.2. The Morgan fingerprint density at radius 3 is 1.04 bits per heavy atom. The molecule has 714 valence electrons. The lowest BCUT2D eigenvalue weighted by molar-refractivity contribution is -0.0501. The number of amides is 4. The molecule has 0 bridgehead atoms. The molecular weight excluding hydrogens is 1920 g/mol. The van der Waals surface area contributed by atoms with Crippen molar-refractivity contribution in [3.63, 3.8) is 0 Å². The Balaban J connectivity index is 0.000000147. The second kappa shape index (κ2) is 40.1. The van der Waals surface area contributed by atoms with E-state index in [0.29, 0.717) is 16.9 Å². The molecule has 0 atom stereocenters. The summed E-state index contributed by atoms with van der Waals surface area (Å²) in [4.78, 5) is 67.6. The van der Waals surface area contributed by atoms with Gasteiger partial charge in [0.15, 0.2) is 32.4 Å². The predicted molar refractivity (Wildman–Crippen MR) is 468 cm³/mol. The smallest absolute Gasteiger partial charge is 0.387 e. The van der Waals surface area contributed by atoms with Crippen molar-refractivity contribution in [2.45, 2.75) is 57.5 Å². The van der Waals surface area contributed by atoms with Crippen LogP contribution in [0.4, 0.5) is 57.9 Å². The van der Waals surface area contributed by atoms with Crippen LogP contribution in [0.25, 0.3) is 67.6 Å². The molecule has 0 saturated carbocycles. The van der Waals surface area contributed by atoms with Crippen molar-refractivity contribution < 1.29 is 107 Å². The summed E-state index contributed by atoms with van der Waals surface area (Å²) in [5, 5.41) is 56.7. The lowest BCUT2D eigenvalue weighted by atomic mass is 10.1. The van der Waals surface area contributed by atoms with Crippen LogP contribution in [0.3, 0.4) is 0 Å². The molecular formula is C81H69F8N29O16S4. The number of halogens is 8. The van der Waals surface area contributed by atoms with Crippen molar-refractivity contribution >= 4 is 109 Å². The summed E-state index contributed by atoms with van der Waals surface area (Å²) in [7, 11) is -5.42. The Morgan fingerprint density at radius 1 is 0.406 bits per heavy atom. The number of carbonyl (C=O) groups is 4. The van der Waals surface area contributed by atoms with Crippen LogP contribution in [0.1, 0.15) is 41.4 Å². The predicted octanol–water partition coefficient (Wildman–Crippen LogP) is 9.05. The molecule has 57 heteroatoms. The third-order valence-electron chi connectivity index (χ3n) is 19.3. The number of aryl methyl sites for hydroxylation is 4. The van der Waals surface area contributed by atoms with Gasteiger partial charge in [0.2, 0.25) is 29.9 Å². The molecule has 0 radical (unpaired) electrons. The van der Waals surface area contributed by atoms with Gasteiger partial charge in [0.05, 0.1) is 85.6 Å². The molecule has 13 heterocycles. The Bertz CT molecular complexity index is 8070. The van der Waals surface area contributed by atoms with Gasteiger partial charge in [-0.3, -0.25) is 42.6 Å². The Hall–Kier alpha value is -16.9. The number of rotatable bonds is 28. The van der Waals surface area contributed by atoms with Crippen molar-refractivity contribution in [3.8, 4) is 74.1 Å². The maximum absolute atomic E-state index is 13.2. The van der Waals surface area contributed by atoms with E-state index < -0.39 is 89.8 Å². The number of carbonyl (C=O) groups excluding carboxylic acids is 4. The molecule has 45 nitrogen and oxygen atoms in total. The van der Waals surface area contributed by atoms with Crippen LogP contribution < -0.4 is 44.9 Å². The number of nitriles is 1. The van der Waals surface area contributed by atoms with E-state index in [-0.39, 0.29) is 150 Å². The average Bonchev–Trinajstić information content (AvgIpc) is 1.52. The van der Waals surface area contributed by atoms with E-state index in [1.54, 1.807) is 77.2 Å². The third kappa shape index (κ3) is 21.5. The second-order valence-corrected chi connectivity index (χ2v) is 36.8. The van der Waals surface area contributed by atoms with E-state index in [2.05, 4.69) is 111 Å². The summed E-state index contributed by atoms with van der Waals surface area (Å²) in [6, 6.07) is 22.0. The van der Waals surface area contributed by atoms with Crippen LogP contribution in [0.2, 0.25) is 0 Å². The number of aromatic nitrogens is 22. The number of hydrogen-bond acceptors (Lipinski definition) is 30. The van der Waals surface area contributed by atoms with Crippen molar-refractivity contribution in [1.82, 2.24) is 116 Å². The lowest BCUT2D eigenvalue weighted by Crippen LogP contribution is -2.22. The third-order valence-corrected chi connectivity index (χ3v) is 25.4. The van der Waals surface area contributed by atoms with Gasteiger partial charge in [0.25, 0.3) is 23.6 Å². The maximum atomic E-state index is 13.2. The van der Waals surface area contributed by atoms with Crippen LogP contribution in [0.15, 0.2) is 233 Å². The van der Waals surface area contributed by atoms with E-state index in [1.807, 2.05) is 6.07 Å². The number of ether oxygens (including phenoxy) is 4. The largest absolute Gasteiger partial charge is 0.434 e. The van der Waals surface area contributed by atoms with E-state index >= 15 is 0 Å². The fraction of sp³-hybridized carbons (Fsp3) is 0.160. The number of sulfonamides is 2. The zero-order valence-corrected chi connectivity index (χ0v) is 75.3. The highest BCUT2D eigenvalue weighted by Gasteiger charge is 2.32. The summed E-state index contributed by atoms with van der Waals surface area (Å²) < 4.78 is 238. The molecule has 0 saturated heterocycles. The van der Waals surface area contributed by atoms with Crippen LogP contribution in [0.5, 0.6) is 23.0 Å². The topological polar surface area (TPSA) is 539 Å². The highest BCUT2D eigenvalue weighted by Crippen LogP contribution is 2.43. The number of anilines is 4. The number of benzene rings is 4. The molecule has 0 spiro atoms. The Morgan fingerprint density at radius 2 is 0.717 bits per heavy atom. The van der Waals surface area contributed by atoms with Gasteiger partial charge < -0.3 is 40.2 Å². The van der Waals surface area contributed by atoms with Crippen LogP contribution >= 0.6 is 0 Å². The molecule has 0 fully saturated rings. The number of fused-ring (bicyclic) bond motifs is 4. The average molecular weight is 1980 g/mol. The van der Waals surface area contributed by atoms with Gasteiger partial charge in [0.1, 0.15) is 79.5 Å². The molecule has 0 unspecified atom stereocenters. The van der Waals surface area contributed by atoms with Gasteiger partial charge in [-0.15, -0.1) is 0 Å². The minimum atomic E-state index is -4.05. The van der Waals surface area contributed by atoms with E-state index in [4.69, 9.17) is 5.26 Å². The van der Waals surface area contributed by atoms with E-state index in [9.17, 15) is 88.0 Å². The number of sulfone groups is 2. The summed E-state index contributed by atoms with van der Waals surface area (Å²) in [5.74, 6) is -3.68. The quantitative estimate of drug-likeness (QED) is 0.0285. The first-order valence-electron chi connectivity index (χ1n) is 39.2. The van der Waals surface area contributed by atoms with Crippen LogP contribution in [-0.4, -0.2) is 223 Å². The second-order valence-electron chi connectivity index (χ2n) is 28.8. The zero-order chi connectivity index (χ0) is 99.1. The molecule has 0 aliphatic rings. The molecule has 13 aromatic heterocycles. The summed E-state index contributed by atoms with van der Waals surface area (Å²) >= 11 is 0. The van der Waals surface area contributed by atoms with Crippen molar-refractivity contribution in [2.75, 3.05) is 48.7 Å². The molecule has 4 aromatic carbocycles. The minimum absolute atomic E-state index is 0.0131. The number of alkyl halides is 8. The SMILES string of the molecule is CN(C)S(=O)(=O)c1ccc(OC(F)F)c(-c2nn(C)cc2NC(=O)c2cnn3cccnc23)c1.CNS(=O)(=O)c1ccc(OC(F)F)c(-c2nn(C)cc2NC(=O)c2cnn3cccnc23)c1.CS(=O)(=O)c1ccc(OC(F)F)c(-c2nn(CC#N)cc2NC(=O)c2cnn3cccnc23)c1.Cn1cc(S(=O)(=O)c2ccc(OC(F)F)c(-c3nn(C)cc3NC(=O)c3cnn4cccnc34)c2)cn1. The fourth-order valence-corrected chi connectivity index (χ4v) is 16.8. The van der Waals surface area contributed by atoms with Crippen molar-refractivity contribution in [1.29, 1.82) is 5.26 Å². The molecule has 0 aliphatic carbocycles. The van der Waals surface area contributed by atoms with E-state index in [1.165, 1.54) is 155 Å². The molecule has 138 heavy (non-hydrogen) atoms. The molecule has 5 N–H and O–H groups in total. The fourth-order valence-electron chi connectivity index (χ4n) is 13.2. The van der Waals surface area contributed by atoms with Gasteiger partial charge in [-0.05, 0) is 104 Å². The van der Waals surface area contributed by atoms with Gasteiger partial charge in [0, 0.05) is 145 Å². The molecule has 4 amide bonds. The van der Waals surface area contributed by atoms with Gasteiger partial charge in [-0.1, -0.05) is 0 Å². The Kier molecular flexibility index (Phi) is 28.3. The van der Waals surface area contributed by atoms with Crippen LogP contribution in [0, 0.1) is 11.3 Å². The number of nitrogens with one attached hydrogen (secondary N) is 5. The summed E-state index contributed by atoms with van der Waals surface area (Å²) in [5.41, 5.74) is 1.95. The highest BCUT2D eigenvalue weighted by molar-refractivity contribution is 7.91. The monoisotopic (exact) mass is 1980 g/mol. The molecule has 17 aromatic rings. The maximum Gasteiger partial charge on any atom is 0.387 e. The van der Waals surface area contributed by atoms with Crippen molar-refractivity contribution in [2.24, 2.45) is 28.2 Å². The first-order chi connectivity index (χ1) is 65.6. The van der Waals surface area contributed by atoms with Gasteiger partial charge in [-0.2, -0.15) is 86.3 Å². The zero-order valence-electron chi connectivity index (χ0n) is 72.1. The standard InChI is InChI=1S/C22H18F2N8O4S.C20H19F2N7O4S.C20H15F2N7O4S.C19H17F2N7O4S/c1-30-11-14(9-26-30)37(34,35)13-4-5-18(36-22(23)24)15(8-13)19-17(12-31(2)29-19)28-21(33)16-10-27-32-7-3-6-25-20(16)32;1-27(2)34(31,32)12-5-6-16(33-20(21)22)13(9-12)17-15(11-28(3)26-17)25-19(30)14-10-24-29-8-4-7-23-18(14)29;1-34(31,32)12-3-4-16(33-20(21)22)13(9-12)17-15(11-28(27-17)8-5-23)26-19(30)14-10-25-29-7-2-6-24-18(14)29;1-22-33(30,31)11-4-5-15(32-19(20)21)12(8-11)16-14(10-27(2)26-16)25-18(29)13-9-24-28-7-3-6-23-17(13)28/h3-12,22H,1-2H3,(H,28,33);4-11,20H,1-3H3,(H,25,30);2-4,6-7,9-11,20H,8H2,1H3,(H,26,30);3-10,19,22H,1-2H3,(H,25,29). The van der Waals surface area contributed by atoms with Crippen LogP contribution in [-0.2, 0) is 74.5 Å². The Labute approximate surface area is 772 Å². The first kappa shape index (κ1) is 97.2. The minimum Gasteiger partial charge on any atom is -0.434 e.